The van der Waals surface area contributed by atoms with Crippen molar-refractivity contribution in [3.63, 3.8) is 0 Å². The molecule has 0 amide bonds. The van der Waals surface area contributed by atoms with Gasteiger partial charge < -0.3 is 23.9 Å². The van der Waals surface area contributed by atoms with Crippen LogP contribution in [0, 0.1) is 5.92 Å². The summed E-state index contributed by atoms with van der Waals surface area (Å²) >= 11 is 0. The Balaban J connectivity index is 1.37. The Morgan fingerprint density at radius 2 is 1.94 bits per heavy atom. The fourth-order valence-corrected chi connectivity index (χ4v) is 4.79. The molecule has 1 fully saturated rings. The highest BCUT2D eigenvalue weighted by Gasteiger charge is 2.20. The maximum absolute atomic E-state index is 13.4. The van der Waals surface area contributed by atoms with Gasteiger partial charge in [0.25, 0.3) is 5.56 Å². The minimum Gasteiger partial charge on any atom is -0.454 e. The average molecular weight is 423 g/mol. The van der Waals surface area contributed by atoms with Crippen LogP contribution in [0.1, 0.15) is 44.1 Å². The van der Waals surface area contributed by atoms with Gasteiger partial charge in [-0.1, -0.05) is 19.3 Å². The number of imidazole rings is 1. The summed E-state index contributed by atoms with van der Waals surface area (Å²) in [6.07, 6.45) is 12.8. The van der Waals surface area contributed by atoms with Crippen LogP contribution in [-0.2, 0) is 19.6 Å². The van der Waals surface area contributed by atoms with Crippen LogP contribution >= 0.6 is 0 Å². The predicted octanol–water partition coefficient (Wildman–Crippen LogP) is 3.69. The maximum Gasteiger partial charge on any atom is 0.255 e. The van der Waals surface area contributed by atoms with Gasteiger partial charge in [-0.25, -0.2) is 4.98 Å². The first kappa shape index (κ1) is 20.1. The van der Waals surface area contributed by atoms with Crippen LogP contribution in [0.3, 0.4) is 0 Å². The summed E-state index contributed by atoms with van der Waals surface area (Å²) in [6.45, 7) is 3.35. The molecule has 0 saturated heterocycles. The van der Waals surface area contributed by atoms with Crippen molar-refractivity contribution < 1.29 is 9.47 Å². The minimum atomic E-state index is 0.110. The second-order valence-corrected chi connectivity index (χ2v) is 8.68. The Kier molecular flexibility index (Phi) is 5.93. The van der Waals surface area contributed by atoms with Crippen molar-refractivity contribution in [3.8, 4) is 11.5 Å². The average Bonchev–Trinajstić information content (AvgIpc) is 3.47. The number of hydrogen-bond acceptors (Lipinski definition) is 5. The quantitative estimate of drug-likeness (QED) is 0.561. The van der Waals surface area contributed by atoms with Gasteiger partial charge in [0.15, 0.2) is 11.5 Å². The second kappa shape index (κ2) is 9.14. The lowest BCUT2D eigenvalue weighted by atomic mass is 9.89. The lowest BCUT2D eigenvalue weighted by molar-refractivity contribution is 0.174. The Labute approximate surface area is 182 Å². The van der Waals surface area contributed by atoms with Crippen molar-refractivity contribution in [2.75, 3.05) is 13.3 Å². The van der Waals surface area contributed by atoms with Crippen LogP contribution in [0.2, 0.25) is 0 Å². The monoisotopic (exact) mass is 422 g/mol. The van der Waals surface area contributed by atoms with E-state index in [1.165, 1.54) is 32.1 Å². The normalized spacial score (nSPS) is 16.3. The zero-order valence-corrected chi connectivity index (χ0v) is 17.9. The van der Waals surface area contributed by atoms with Gasteiger partial charge in [0, 0.05) is 49.0 Å². The number of fused-ring (bicyclic) bond motifs is 2. The molecule has 3 heterocycles. The summed E-state index contributed by atoms with van der Waals surface area (Å²) in [5.74, 6) is 2.06. The molecule has 0 atom stereocenters. The summed E-state index contributed by atoms with van der Waals surface area (Å²) < 4.78 is 15.2. The largest absolute Gasteiger partial charge is 0.454 e. The number of ether oxygens (including phenoxy) is 2. The van der Waals surface area contributed by atoms with Crippen molar-refractivity contribution in [2.24, 2.45) is 5.92 Å². The molecule has 5 rings (SSSR count). The number of aromatic nitrogens is 3. The van der Waals surface area contributed by atoms with Crippen molar-refractivity contribution in [2.45, 2.75) is 58.2 Å². The zero-order valence-electron chi connectivity index (χ0n) is 17.9. The van der Waals surface area contributed by atoms with Crippen LogP contribution in [-0.4, -0.2) is 27.5 Å². The van der Waals surface area contributed by atoms with E-state index in [4.69, 9.17) is 9.47 Å². The number of hydrogen-bond donors (Lipinski definition) is 1. The first-order valence-electron chi connectivity index (χ1n) is 11.4. The Morgan fingerprint density at radius 3 is 2.74 bits per heavy atom. The van der Waals surface area contributed by atoms with Crippen LogP contribution in [0.15, 0.2) is 41.7 Å². The van der Waals surface area contributed by atoms with Gasteiger partial charge in [0.1, 0.15) is 0 Å². The SMILES string of the molecule is O=c1c(CNCCCn2ccnc2)cc2cc3c(cc2n1CC1CCCCC1)OCO3. The smallest absolute Gasteiger partial charge is 0.255 e. The molecule has 0 unspecified atom stereocenters. The lowest BCUT2D eigenvalue weighted by Crippen LogP contribution is -2.30. The summed E-state index contributed by atoms with van der Waals surface area (Å²) in [7, 11) is 0. The van der Waals surface area contributed by atoms with Gasteiger partial charge in [0.05, 0.1) is 11.8 Å². The van der Waals surface area contributed by atoms with E-state index in [2.05, 4.69) is 14.9 Å². The van der Waals surface area contributed by atoms with Crippen LogP contribution in [0.25, 0.3) is 10.9 Å². The van der Waals surface area contributed by atoms with Crippen molar-refractivity contribution >= 4 is 10.9 Å². The van der Waals surface area contributed by atoms with Crippen molar-refractivity contribution in [3.05, 3.63) is 52.8 Å². The van der Waals surface area contributed by atoms with Crippen LogP contribution in [0.5, 0.6) is 11.5 Å². The van der Waals surface area contributed by atoms with Gasteiger partial charge in [-0.2, -0.15) is 0 Å². The zero-order chi connectivity index (χ0) is 21.0. The molecule has 164 valence electrons. The lowest BCUT2D eigenvalue weighted by Gasteiger charge is -2.24. The molecule has 1 aliphatic heterocycles. The predicted molar refractivity (Wildman–Crippen MR) is 119 cm³/mol. The molecule has 1 N–H and O–H groups in total. The second-order valence-electron chi connectivity index (χ2n) is 8.68. The van der Waals surface area contributed by atoms with Crippen molar-refractivity contribution in [1.29, 1.82) is 0 Å². The number of benzene rings is 1. The summed E-state index contributed by atoms with van der Waals surface area (Å²) in [5.41, 5.74) is 1.87. The standard InChI is InChI=1S/C24H30N4O3/c29-24-20(14-25-7-4-9-27-10-8-26-16-27)11-19-12-22-23(31-17-30-22)13-21(19)28(24)15-18-5-2-1-3-6-18/h8,10-13,16,18,25H,1-7,9,14-15,17H2. The number of nitrogens with one attached hydrogen (secondary N) is 1. The number of nitrogens with zero attached hydrogens (tertiary/aromatic N) is 3. The molecule has 1 aliphatic carbocycles. The highest BCUT2D eigenvalue weighted by Crippen LogP contribution is 2.36. The molecule has 2 aliphatic rings. The molecule has 2 aromatic heterocycles. The topological polar surface area (TPSA) is 70.3 Å². The first-order chi connectivity index (χ1) is 15.3. The Bertz CT molecular complexity index is 1080. The Hall–Kier alpha value is -2.80. The van der Waals surface area contributed by atoms with E-state index < -0.39 is 0 Å². The molecule has 0 bridgehead atoms. The minimum absolute atomic E-state index is 0.110. The molecule has 31 heavy (non-hydrogen) atoms. The fourth-order valence-electron chi connectivity index (χ4n) is 4.79. The first-order valence-corrected chi connectivity index (χ1v) is 11.4. The van der Waals surface area contributed by atoms with E-state index in [1.807, 2.05) is 35.3 Å². The van der Waals surface area contributed by atoms with Gasteiger partial charge in [-0.3, -0.25) is 4.79 Å². The fraction of sp³-hybridized carbons (Fsp3) is 0.500. The number of pyridine rings is 1. The van der Waals surface area contributed by atoms with Crippen LogP contribution in [0.4, 0.5) is 0 Å². The summed E-state index contributed by atoms with van der Waals surface area (Å²) in [6, 6.07) is 6.00. The Morgan fingerprint density at radius 1 is 1.10 bits per heavy atom. The molecule has 7 nitrogen and oxygen atoms in total. The summed E-state index contributed by atoms with van der Waals surface area (Å²) in [4.78, 5) is 17.5. The number of rotatable bonds is 8. The highest BCUT2D eigenvalue weighted by molar-refractivity contribution is 5.84. The van der Waals surface area contributed by atoms with E-state index >= 15 is 0 Å². The maximum atomic E-state index is 13.4. The van der Waals surface area contributed by atoms with Gasteiger partial charge in [-0.15, -0.1) is 0 Å². The third kappa shape index (κ3) is 4.46. The van der Waals surface area contributed by atoms with Gasteiger partial charge >= 0.3 is 0 Å². The van der Waals surface area contributed by atoms with E-state index in [0.29, 0.717) is 12.5 Å². The molecule has 0 radical (unpaired) electrons. The van der Waals surface area contributed by atoms with Gasteiger partial charge in [0.2, 0.25) is 6.79 Å². The molecular weight excluding hydrogens is 392 g/mol. The summed E-state index contributed by atoms with van der Waals surface area (Å²) in [5, 5.41) is 4.49. The van der Waals surface area contributed by atoms with Gasteiger partial charge in [-0.05, 0) is 43.9 Å². The molecule has 7 heteroatoms. The molecule has 0 spiro atoms. The van der Waals surface area contributed by atoms with E-state index in [9.17, 15) is 4.79 Å². The molecular formula is C24H30N4O3. The molecule has 1 saturated carbocycles. The van der Waals surface area contributed by atoms with Crippen LogP contribution < -0.4 is 20.3 Å². The van der Waals surface area contributed by atoms with E-state index in [1.54, 1.807) is 6.20 Å². The third-order valence-electron chi connectivity index (χ3n) is 6.47. The molecule has 3 aromatic rings. The number of aryl methyl sites for hydroxylation is 1. The molecule has 1 aromatic carbocycles. The van der Waals surface area contributed by atoms with E-state index in [0.717, 1.165) is 54.0 Å². The van der Waals surface area contributed by atoms with Crippen molar-refractivity contribution in [1.82, 2.24) is 19.4 Å². The van der Waals surface area contributed by atoms with E-state index in [-0.39, 0.29) is 12.4 Å². The third-order valence-corrected chi connectivity index (χ3v) is 6.47. The highest BCUT2D eigenvalue weighted by atomic mass is 16.7.